The van der Waals surface area contributed by atoms with E-state index in [1.54, 1.807) is 0 Å². The Morgan fingerprint density at radius 3 is 1.31 bits per heavy atom. The SMILES string of the molecule is Cl.c1ccc([P](Cc2cccs2)(c2ccccc2)c2ccccc2)cc1. The van der Waals surface area contributed by atoms with E-state index >= 15 is 0 Å². The number of rotatable bonds is 5. The molecule has 0 nitrogen and oxygen atoms in total. The van der Waals surface area contributed by atoms with Gasteiger partial charge in [-0.1, -0.05) is 97.1 Å². The smallest absolute Gasteiger partial charge is 0.0101 e. The van der Waals surface area contributed by atoms with E-state index in [4.69, 9.17) is 0 Å². The fourth-order valence-electron chi connectivity index (χ4n) is 3.40. The van der Waals surface area contributed by atoms with Crippen LogP contribution in [0.3, 0.4) is 0 Å². The van der Waals surface area contributed by atoms with Crippen molar-refractivity contribution in [1.29, 1.82) is 0 Å². The van der Waals surface area contributed by atoms with E-state index in [0.717, 1.165) is 6.16 Å². The third-order valence-corrected chi connectivity index (χ3v) is 10.0. The molecular weight excluding hydrogens is 375 g/mol. The van der Waals surface area contributed by atoms with Crippen LogP contribution < -0.4 is 15.9 Å². The number of thiophene rings is 1. The average molecular weight is 396 g/mol. The second kappa shape index (κ2) is 8.64. The van der Waals surface area contributed by atoms with Gasteiger partial charge in [-0.25, -0.2) is 0 Å². The number of hydrogen-bond acceptors (Lipinski definition) is 1. The molecule has 3 aromatic carbocycles. The van der Waals surface area contributed by atoms with Gasteiger partial charge in [0.25, 0.3) is 0 Å². The molecule has 1 radical (unpaired) electrons. The molecule has 0 saturated heterocycles. The molecule has 0 aliphatic carbocycles. The molecule has 4 aromatic rings. The van der Waals surface area contributed by atoms with Gasteiger partial charge in [-0.15, -0.1) is 23.7 Å². The van der Waals surface area contributed by atoms with Gasteiger partial charge in [0.15, 0.2) is 0 Å². The van der Waals surface area contributed by atoms with Crippen LogP contribution in [0.15, 0.2) is 109 Å². The van der Waals surface area contributed by atoms with Crippen LogP contribution in [0.25, 0.3) is 0 Å². The molecule has 0 N–H and O–H groups in total. The van der Waals surface area contributed by atoms with Crippen LogP contribution >= 0.6 is 31.0 Å². The highest BCUT2D eigenvalue weighted by atomic mass is 35.5. The lowest BCUT2D eigenvalue weighted by Gasteiger charge is -2.38. The molecule has 4 rings (SSSR count). The van der Waals surface area contributed by atoms with E-state index in [1.165, 1.54) is 20.8 Å². The van der Waals surface area contributed by atoms with Crippen LogP contribution in [0.5, 0.6) is 0 Å². The fourth-order valence-corrected chi connectivity index (χ4v) is 8.83. The van der Waals surface area contributed by atoms with E-state index < -0.39 is 7.26 Å². The van der Waals surface area contributed by atoms with Gasteiger partial charge in [0.2, 0.25) is 0 Å². The summed E-state index contributed by atoms with van der Waals surface area (Å²) in [5.74, 6) is 0. The largest absolute Gasteiger partial charge is 0.149 e. The maximum Gasteiger partial charge on any atom is 0.0101 e. The van der Waals surface area contributed by atoms with Crippen molar-refractivity contribution in [3.63, 3.8) is 0 Å². The van der Waals surface area contributed by atoms with Gasteiger partial charge >= 0.3 is 0 Å². The number of benzene rings is 3. The molecule has 0 aliphatic heterocycles. The van der Waals surface area contributed by atoms with Crippen LogP contribution in [0.1, 0.15) is 4.88 Å². The molecule has 26 heavy (non-hydrogen) atoms. The normalized spacial score (nSPS) is 10.9. The first kappa shape index (κ1) is 18.9. The molecule has 1 heterocycles. The van der Waals surface area contributed by atoms with Gasteiger partial charge in [-0.2, -0.15) is 0 Å². The minimum Gasteiger partial charge on any atom is -0.149 e. The Balaban J connectivity index is 0.00000196. The first-order valence-corrected chi connectivity index (χ1v) is 11.3. The Morgan fingerprint density at radius 1 is 0.538 bits per heavy atom. The third kappa shape index (κ3) is 3.62. The Kier molecular flexibility index (Phi) is 6.27. The molecular formula is C23H21ClPS. The zero-order valence-electron chi connectivity index (χ0n) is 14.4. The summed E-state index contributed by atoms with van der Waals surface area (Å²) in [7, 11) is -1.73. The minimum atomic E-state index is -1.73. The average Bonchev–Trinajstić information content (AvgIpc) is 3.21. The van der Waals surface area contributed by atoms with Crippen molar-refractivity contribution >= 4 is 46.9 Å². The van der Waals surface area contributed by atoms with Crippen molar-refractivity contribution in [2.45, 2.75) is 6.16 Å². The van der Waals surface area contributed by atoms with E-state index in [2.05, 4.69) is 109 Å². The van der Waals surface area contributed by atoms with E-state index in [9.17, 15) is 0 Å². The second-order valence-electron chi connectivity index (χ2n) is 6.05. The fraction of sp³-hybridized carbons (Fsp3) is 0.0435. The predicted molar refractivity (Wildman–Crippen MR) is 120 cm³/mol. The highest BCUT2D eigenvalue weighted by Gasteiger charge is 2.34. The van der Waals surface area contributed by atoms with Crippen LogP contribution in [0.2, 0.25) is 0 Å². The summed E-state index contributed by atoms with van der Waals surface area (Å²) in [5, 5.41) is 6.52. The third-order valence-electron chi connectivity index (χ3n) is 4.56. The predicted octanol–water partition coefficient (Wildman–Crippen LogP) is 5.66. The first-order chi connectivity index (χ1) is 12.4. The Hall–Kier alpha value is -1.92. The van der Waals surface area contributed by atoms with E-state index in [-0.39, 0.29) is 12.4 Å². The lowest BCUT2D eigenvalue weighted by molar-refractivity contribution is 1.50. The van der Waals surface area contributed by atoms with Gasteiger partial charge in [-0.3, -0.25) is 0 Å². The maximum absolute atomic E-state index is 2.31. The van der Waals surface area contributed by atoms with Gasteiger partial charge in [-0.05, 0) is 34.6 Å². The standard InChI is InChI=1S/C23H20PS.ClH/c1-4-11-20(12-5-1)24(19-23-17-10-18-25-23,21-13-6-2-7-14-21)22-15-8-3-9-16-22;/h1-18H,19H2;1H. The summed E-state index contributed by atoms with van der Waals surface area (Å²) in [5.41, 5.74) is 0. The highest BCUT2D eigenvalue weighted by molar-refractivity contribution is 7.95. The molecule has 3 heteroatoms. The lowest BCUT2D eigenvalue weighted by atomic mass is 10.4. The highest BCUT2D eigenvalue weighted by Crippen LogP contribution is 2.58. The van der Waals surface area contributed by atoms with Crippen molar-refractivity contribution < 1.29 is 0 Å². The molecule has 0 unspecified atom stereocenters. The van der Waals surface area contributed by atoms with Gasteiger partial charge in [0, 0.05) is 11.0 Å². The summed E-state index contributed by atoms with van der Waals surface area (Å²) >= 11 is 1.86. The van der Waals surface area contributed by atoms with Gasteiger partial charge in [0.05, 0.1) is 0 Å². The van der Waals surface area contributed by atoms with Crippen LogP contribution in [-0.4, -0.2) is 0 Å². The van der Waals surface area contributed by atoms with Crippen LogP contribution in [0.4, 0.5) is 0 Å². The summed E-state index contributed by atoms with van der Waals surface area (Å²) < 4.78 is 0. The van der Waals surface area contributed by atoms with Gasteiger partial charge < -0.3 is 0 Å². The summed E-state index contributed by atoms with van der Waals surface area (Å²) in [6, 6.07) is 37.6. The minimum absolute atomic E-state index is 0. The Bertz CT molecular complexity index is 810. The van der Waals surface area contributed by atoms with Gasteiger partial charge in [0.1, 0.15) is 0 Å². The summed E-state index contributed by atoms with van der Waals surface area (Å²) in [4.78, 5) is 1.45. The quantitative estimate of drug-likeness (QED) is 0.382. The molecule has 0 aliphatic rings. The number of halogens is 1. The molecule has 131 valence electrons. The molecule has 1 aromatic heterocycles. The second-order valence-corrected chi connectivity index (χ2v) is 10.6. The van der Waals surface area contributed by atoms with Crippen molar-refractivity contribution in [3.8, 4) is 0 Å². The van der Waals surface area contributed by atoms with Crippen molar-refractivity contribution in [2.75, 3.05) is 0 Å². The number of hydrogen-bond donors (Lipinski definition) is 0. The van der Waals surface area contributed by atoms with E-state index in [0.29, 0.717) is 0 Å². The summed E-state index contributed by atoms with van der Waals surface area (Å²) in [6.07, 6.45) is 1.07. The summed E-state index contributed by atoms with van der Waals surface area (Å²) in [6.45, 7) is 0. The molecule has 0 fully saturated rings. The van der Waals surface area contributed by atoms with Crippen molar-refractivity contribution in [1.82, 2.24) is 0 Å². The molecule has 0 saturated carbocycles. The topological polar surface area (TPSA) is 0 Å². The first-order valence-electron chi connectivity index (χ1n) is 8.47. The van der Waals surface area contributed by atoms with Crippen molar-refractivity contribution in [3.05, 3.63) is 113 Å². The molecule has 0 amide bonds. The molecule has 0 atom stereocenters. The van der Waals surface area contributed by atoms with E-state index in [1.807, 2.05) is 11.3 Å². The zero-order valence-corrected chi connectivity index (χ0v) is 16.9. The Labute approximate surface area is 166 Å². The Morgan fingerprint density at radius 2 is 0.962 bits per heavy atom. The van der Waals surface area contributed by atoms with Crippen molar-refractivity contribution in [2.24, 2.45) is 0 Å². The monoisotopic (exact) mass is 395 g/mol. The molecule has 0 spiro atoms. The lowest BCUT2D eigenvalue weighted by Crippen LogP contribution is -2.32. The van der Waals surface area contributed by atoms with Crippen LogP contribution in [0, 0.1) is 0 Å². The van der Waals surface area contributed by atoms with Crippen LogP contribution in [-0.2, 0) is 6.16 Å². The molecule has 0 bridgehead atoms. The zero-order chi connectivity index (χ0) is 17.0. The maximum atomic E-state index is 2.31.